The summed E-state index contributed by atoms with van der Waals surface area (Å²) in [7, 11) is 0. The minimum absolute atomic E-state index is 0.0157. The minimum atomic E-state index is -0.0157. The number of nitrogens with zero attached hydrogens (tertiary/aromatic N) is 2. The summed E-state index contributed by atoms with van der Waals surface area (Å²) in [5.74, 6) is 0.858. The Morgan fingerprint density at radius 2 is 2.09 bits per heavy atom. The van der Waals surface area contributed by atoms with Crippen LogP contribution in [-0.4, -0.2) is 16.4 Å². The number of rotatable bonds is 7. The maximum Gasteiger partial charge on any atom is 0.271 e. The van der Waals surface area contributed by atoms with Gasteiger partial charge in [-0.3, -0.25) is 4.79 Å². The van der Waals surface area contributed by atoms with E-state index in [1.54, 1.807) is 6.20 Å². The van der Waals surface area contributed by atoms with Crippen LogP contribution >= 0.6 is 0 Å². The maximum absolute atomic E-state index is 12.2. The molecule has 0 saturated heterocycles. The van der Waals surface area contributed by atoms with Gasteiger partial charge in [-0.2, -0.15) is 5.10 Å². The molecule has 0 aliphatic carbocycles. The smallest absolute Gasteiger partial charge is 0.271 e. The van der Waals surface area contributed by atoms with Gasteiger partial charge in [0, 0.05) is 18.7 Å². The second kappa shape index (κ2) is 7.64. The van der Waals surface area contributed by atoms with Gasteiger partial charge in [0.15, 0.2) is 0 Å². The fourth-order valence-electron chi connectivity index (χ4n) is 2.36. The van der Waals surface area contributed by atoms with E-state index in [4.69, 9.17) is 4.74 Å². The normalized spacial score (nSPS) is 10.5. The van der Waals surface area contributed by atoms with Crippen LogP contribution in [0.4, 0.5) is 5.69 Å². The fraction of sp³-hybridized carbons (Fsp3) is 0.412. The van der Waals surface area contributed by atoms with Crippen LogP contribution in [0.5, 0.6) is 5.75 Å². The van der Waals surface area contributed by atoms with Crippen LogP contribution in [0.25, 0.3) is 0 Å². The third-order valence-electron chi connectivity index (χ3n) is 3.49. The molecule has 0 aliphatic heterocycles. The van der Waals surface area contributed by atoms with Gasteiger partial charge in [-0.05, 0) is 38.0 Å². The van der Waals surface area contributed by atoms with E-state index in [0.717, 1.165) is 22.6 Å². The largest absolute Gasteiger partial charge is 0.494 e. The average Bonchev–Trinajstić information content (AvgIpc) is 2.53. The number of benzene rings is 1. The highest BCUT2D eigenvalue weighted by Crippen LogP contribution is 2.16. The first-order valence-corrected chi connectivity index (χ1v) is 7.74. The molecule has 5 heteroatoms. The van der Waals surface area contributed by atoms with Gasteiger partial charge in [0.05, 0.1) is 18.5 Å². The molecule has 1 N–H and O–H groups in total. The quantitative estimate of drug-likeness (QED) is 0.854. The van der Waals surface area contributed by atoms with E-state index in [9.17, 15) is 4.79 Å². The van der Waals surface area contributed by atoms with Crippen LogP contribution in [-0.2, 0) is 19.5 Å². The topological polar surface area (TPSA) is 56.1 Å². The molecule has 0 saturated carbocycles. The second-order valence-corrected chi connectivity index (χ2v) is 4.95. The first kappa shape index (κ1) is 16.1. The predicted octanol–water partition coefficient (Wildman–Crippen LogP) is 2.84. The molecule has 0 spiro atoms. The van der Waals surface area contributed by atoms with Crippen LogP contribution in [0.15, 0.2) is 35.3 Å². The lowest BCUT2D eigenvalue weighted by molar-refractivity contribution is 0.340. The Kier molecular flexibility index (Phi) is 5.58. The molecule has 0 fully saturated rings. The Morgan fingerprint density at radius 1 is 1.27 bits per heavy atom. The highest BCUT2D eigenvalue weighted by molar-refractivity contribution is 5.48. The van der Waals surface area contributed by atoms with E-state index in [-0.39, 0.29) is 5.56 Å². The van der Waals surface area contributed by atoms with Crippen molar-refractivity contribution in [3.05, 3.63) is 51.9 Å². The van der Waals surface area contributed by atoms with Crippen molar-refractivity contribution < 1.29 is 4.74 Å². The van der Waals surface area contributed by atoms with Crippen LogP contribution in [0.2, 0.25) is 0 Å². The van der Waals surface area contributed by atoms with Gasteiger partial charge in [0.2, 0.25) is 0 Å². The van der Waals surface area contributed by atoms with E-state index >= 15 is 0 Å². The van der Waals surface area contributed by atoms with E-state index in [0.29, 0.717) is 26.1 Å². The zero-order valence-corrected chi connectivity index (χ0v) is 13.4. The standard InChI is InChI=1S/C17H23N3O2/c1-4-15-16(12-19-20(5-2)17(15)21)18-11-13-8-7-9-14(10-13)22-6-3/h7-10,12,18H,4-6,11H2,1-3H3. The number of ether oxygens (including phenoxy) is 1. The zero-order valence-electron chi connectivity index (χ0n) is 13.4. The molecule has 118 valence electrons. The van der Waals surface area contributed by atoms with E-state index < -0.39 is 0 Å². The number of aromatic nitrogens is 2. The molecule has 1 aromatic carbocycles. The Bertz CT molecular complexity index is 680. The van der Waals surface area contributed by atoms with Crippen LogP contribution < -0.4 is 15.6 Å². The Morgan fingerprint density at radius 3 is 2.77 bits per heavy atom. The molecule has 0 unspecified atom stereocenters. The summed E-state index contributed by atoms with van der Waals surface area (Å²) in [6.45, 7) is 7.73. The first-order chi connectivity index (χ1) is 10.7. The third-order valence-corrected chi connectivity index (χ3v) is 3.49. The summed E-state index contributed by atoms with van der Waals surface area (Å²) < 4.78 is 6.99. The van der Waals surface area contributed by atoms with Crippen LogP contribution in [0.1, 0.15) is 31.9 Å². The monoisotopic (exact) mass is 301 g/mol. The van der Waals surface area contributed by atoms with Gasteiger partial charge in [-0.15, -0.1) is 0 Å². The van der Waals surface area contributed by atoms with Crippen molar-refractivity contribution in [2.24, 2.45) is 0 Å². The molecular formula is C17H23N3O2. The number of anilines is 1. The van der Waals surface area contributed by atoms with Crippen molar-refractivity contribution in [3.63, 3.8) is 0 Å². The molecule has 0 atom stereocenters. The number of hydrogen-bond donors (Lipinski definition) is 1. The van der Waals surface area contributed by atoms with Crippen LogP contribution in [0.3, 0.4) is 0 Å². The summed E-state index contributed by atoms with van der Waals surface area (Å²) in [6, 6.07) is 7.94. The molecule has 2 rings (SSSR count). The van der Waals surface area contributed by atoms with Crippen molar-refractivity contribution in [1.29, 1.82) is 0 Å². The zero-order chi connectivity index (χ0) is 15.9. The van der Waals surface area contributed by atoms with Crippen molar-refractivity contribution >= 4 is 5.69 Å². The summed E-state index contributed by atoms with van der Waals surface area (Å²) in [4.78, 5) is 12.2. The molecule has 0 radical (unpaired) electrons. The summed E-state index contributed by atoms with van der Waals surface area (Å²) in [5.41, 5.74) is 2.67. The molecule has 0 amide bonds. The van der Waals surface area contributed by atoms with Crippen molar-refractivity contribution in [2.75, 3.05) is 11.9 Å². The van der Waals surface area contributed by atoms with Gasteiger partial charge < -0.3 is 10.1 Å². The van der Waals surface area contributed by atoms with Gasteiger partial charge in [0.25, 0.3) is 5.56 Å². The highest BCUT2D eigenvalue weighted by atomic mass is 16.5. The third kappa shape index (κ3) is 3.67. The summed E-state index contributed by atoms with van der Waals surface area (Å²) >= 11 is 0. The molecule has 0 bridgehead atoms. The number of nitrogens with one attached hydrogen (secondary N) is 1. The lowest BCUT2D eigenvalue weighted by atomic mass is 10.1. The van der Waals surface area contributed by atoms with Crippen molar-refractivity contribution in [3.8, 4) is 5.75 Å². The Hall–Kier alpha value is -2.30. The average molecular weight is 301 g/mol. The van der Waals surface area contributed by atoms with Crippen molar-refractivity contribution in [1.82, 2.24) is 9.78 Å². The van der Waals surface area contributed by atoms with E-state index in [2.05, 4.69) is 10.4 Å². The lowest BCUT2D eigenvalue weighted by Crippen LogP contribution is -2.26. The van der Waals surface area contributed by atoms with Gasteiger partial charge in [0.1, 0.15) is 5.75 Å². The van der Waals surface area contributed by atoms with Gasteiger partial charge in [-0.1, -0.05) is 19.1 Å². The molecule has 1 aromatic heterocycles. The van der Waals surface area contributed by atoms with E-state index in [1.807, 2.05) is 45.0 Å². The maximum atomic E-state index is 12.2. The summed E-state index contributed by atoms with van der Waals surface area (Å²) in [5, 5.41) is 7.49. The fourth-order valence-corrected chi connectivity index (χ4v) is 2.36. The molecule has 5 nitrogen and oxygen atoms in total. The molecule has 2 aromatic rings. The van der Waals surface area contributed by atoms with Gasteiger partial charge >= 0.3 is 0 Å². The SMILES string of the molecule is CCOc1cccc(CNc2cnn(CC)c(=O)c2CC)c1. The number of aryl methyl sites for hydroxylation is 1. The number of hydrogen-bond acceptors (Lipinski definition) is 4. The Labute approximate surface area is 130 Å². The molecular weight excluding hydrogens is 278 g/mol. The first-order valence-electron chi connectivity index (χ1n) is 7.74. The van der Waals surface area contributed by atoms with E-state index in [1.165, 1.54) is 4.68 Å². The molecule has 0 aliphatic rings. The van der Waals surface area contributed by atoms with Gasteiger partial charge in [-0.25, -0.2) is 4.68 Å². The van der Waals surface area contributed by atoms with Crippen molar-refractivity contribution in [2.45, 2.75) is 40.3 Å². The van der Waals surface area contributed by atoms with Crippen LogP contribution in [0, 0.1) is 0 Å². The predicted molar refractivity (Wildman–Crippen MR) is 88.5 cm³/mol. The summed E-state index contributed by atoms with van der Waals surface area (Å²) in [6.07, 6.45) is 2.42. The molecule has 22 heavy (non-hydrogen) atoms. The molecule has 1 heterocycles. The minimum Gasteiger partial charge on any atom is -0.494 e. The Balaban J connectivity index is 2.16. The highest BCUT2D eigenvalue weighted by Gasteiger charge is 2.08. The lowest BCUT2D eigenvalue weighted by Gasteiger charge is -2.12. The second-order valence-electron chi connectivity index (χ2n) is 4.95.